The molecule has 1 aromatic rings. The molecule has 0 radical (unpaired) electrons. The average Bonchev–Trinajstić information content (AvgIpc) is 2.92. The highest BCUT2D eigenvalue weighted by Crippen LogP contribution is 2.34. The van der Waals surface area contributed by atoms with Crippen LogP contribution in [0.15, 0.2) is 18.2 Å². The van der Waals surface area contributed by atoms with E-state index in [9.17, 15) is 8.78 Å². The molecule has 0 spiro atoms. The highest BCUT2D eigenvalue weighted by atomic mass is 19.1. The number of rotatable bonds is 6. The van der Waals surface area contributed by atoms with Crippen molar-refractivity contribution in [3.05, 3.63) is 35.4 Å². The number of hydrogen-bond donors (Lipinski definition) is 1. The second-order valence-corrected chi connectivity index (χ2v) is 6.44. The number of nitrogens with one attached hydrogen (secondary N) is 1. The van der Waals surface area contributed by atoms with Crippen molar-refractivity contribution in [2.24, 2.45) is 0 Å². The number of likely N-dealkylation sites (tertiary alicyclic amines) is 1. The maximum atomic E-state index is 13.6. The van der Waals surface area contributed by atoms with Gasteiger partial charge in [-0.1, -0.05) is 6.92 Å². The Balaban J connectivity index is 2.32. The van der Waals surface area contributed by atoms with Crippen molar-refractivity contribution in [3.8, 4) is 0 Å². The average molecular weight is 296 g/mol. The lowest BCUT2D eigenvalue weighted by atomic mass is 9.86. The quantitative estimate of drug-likeness (QED) is 0.857. The number of benzene rings is 1. The van der Waals surface area contributed by atoms with Crippen LogP contribution in [0, 0.1) is 11.6 Å². The van der Waals surface area contributed by atoms with E-state index in [1.807, 2.05) is 0 Å². The fourth-order valence-corrected chi connectivity index (χ4v) is 3.28. The van der Waals surface area contributed by atoms with Gasteiger partial charge in [-0.25, -0.2) is 8.78 Å². The van der Waals surface area contributed by atoms with Crippen molar-refractivity contribution in [2.75, 3.05) is 19.6 Å². The molecule has 1 heterocycles. The SMILES string of the molecule is CCCNC(c1cc(F)cc(F)c1)C(C)(C)N1CCCC1. The zero-order valence-electron chi connectivity index (χ0n) is 13.3. The molecule has 1 atom stereocenters. The Morgan fingerprint density at radius 2 is 1.71 bits per heavy atom. The van der Waals surface area contributed by atoms with Crippen molar-refractivity contribution in [1.29, 1.82) is 0 Å². The van der Waals surface area contributed by atoms with Crippen molar-refractivity contribution in [2.45, 2.75) is 51.6 Å². The summed E-state index contributed by atoms with van der Waals surface area (Å²) in [7, 11) is 0. The molecule has 1 aliphatic rings. The summed E-state index contributed by atoms with van der Waals surface area (Å²) in [6.45, 7) is 9.35. The lowest BCUT2D eigenvalue weighted by Gasteiger charge is -2.43. The second kappa shape index (κ2) is 6.84. The van der Waals surface area contributed by atoms with Crippen LogP contribution in [0.1, 0.15) is 51.6 Å². The van der Waals surface area contributed by atoms with Gasteiger partial charge in [-0.3, -0.25) is 4.90 Å². The maximum absolute atomic E-state index is 13.6. The van der Waals surface area contributed by atoms with E-state index in [0.29, 0.717) is 5.56 Å². The topological polar surface area (TPSA) is 15.3 Å². The molecule has 0 aliphatic carbocycles. The van der Waals surface area contributed by atoms with Crippen molar-refractivity contribution >= 4 is 0 Å². The molecule has 1 aromatic carbocycles. The lowest BCUT2D eigenvalue weighted by Crippen LogP contribution is -2.51. The van der Waals surface area contributed by atoms with Gasteiger partial charge in [0.15, 0.2) is 0 Å². The van der Waals surface area contributed by atoms with Crippen molar-refractivity contribution in [3.63, 3.8) is 0 Å². The number of hydrogen-bond acceptors (Lipinski definition) is 2. The third-order valence-corrected chi connectivity index (χ3v) is 4.44. The number of halogens is 2. The fourth-order valence-electron chi connectivity index (χ4n) is 3.28. The third-order valence-electron chi connectivity index (χ3n) is 4.44. The first-order valence-corrected chi connectivity index (χ1v) is 7.89. The molecule has 0 amide bonds. The van der Waals surface area contributed by atoms with Gasteiger partial charge in [-0.05, 0) is 70.4 Å². The van der Waals surface area contributed by atoms with Crippen LogP contribution in [0.2, 0.25) is 0 Å². The van der Waals surface area contributed by atoms with Gasteiger partial charge in [0.1, 0.15) is 11.6 Å². The van der Waals surface area contributed by atoms with Crippen LogP contribution in [0.25, 0.3) is 0 Å². The van der Waals surface area contributed by atoms with Crippen molar-refractivity contribution in [1.82, 2.24) is 10.2 Å². The molecule has 1 aliphatic heterocycles. The summed E-state index contributed by atoms with van der Waals surface area (Å²) in [4.78, 5) is 2.42. The Bertz CT molecular complexity index is 448. The molecule has 2 nitrogen and oxygen atoms in total. The Labute approximate surface area is 126 Å². The summed E-state index contributed by atoms with van der Waals surface area (Å²) in [5.74, 6) is -1.02. The largest absolute Gasteiger partial charge is 0.308 e. The molecule has 118 valence electrons. The highest BCUT2D eigenvalue weighted by molar-refractivity contribution is 5.25. The minimum atomic E-state index is -0.509. The van der Waals surface area contributed by atoms with Gasteiger partial charge in [-0.15, -0.1) is 0 Å². The van der Waals surface area contributed by atoms with Crippen molar-refractivity contribution < 1.29 is 8.78 Å². The van der Waals surface area contributed by atoms with Gasteiger partial charge in [0.05, 0.1) is 6.04 Å². The summed E-state index contributed by atoms with van der Waals surface area (Å²) in [6.07, 6.45) is 3.38. The Morgan fingerprint density at radius 1 is 1.14 bits per heavy atom. The smallest absolute Gasteiger partial charge is 0.126 e. The number of nitrogens with zero attached hydrogens (tertiary/aromatic N) is 1. The Kier molecular flexibility index (Phi) is 5.33. The second-order valence-electron chi connectivity index (χ2n) is 6.44. The monoisotopic (exact) mass is 296 g/mol. The maximum Gasteiger partial charge on any atom is 0.126 e. The molecule has 0 aromatic heterocycles. The van der Waals surface area contributed by atoms with E-state index in [2.05, 4.69) is 31.0 Å². The zero-order chi connectivity index (χ0) is 15.5. The fraction of sp³-hybridized carbons (Fsp3) is 0.647. The molecule has 4 heteroatoms. The van der Waals surface area contributed by atoms with E-state index in [-0.39, 0.29) is 11.6 Å². The van der Waals surface area contributed by atoms with Crippen LogP contribution in [0.4, 0.5) is 8.78 Å². The molecule has 1 saturated heterocycles. The predicted octanol–water partition coefficient (Wildman–Crippen LogP) is 3.88. The van der Waals surface area contributed by atoms with Gasteiger partial charge in [0, 0.05) is 11.6 Å². The first-order valence-electron chi connectivity index (χ1n) is 7.89. The standard InChI is InChI=1S/C17H26F2N2/c1-4-7-20-16(13-10-14(18)12-15(19)11-13)17(2,3)21-8-5-6-9-21/h10-12,16,20H,4-9H2,1-3H3. The van der Waals surface area contributed by atoms with Gasteiger partial charge in [0.25, 0.3) is 0 Å². The summed E-state index contributed by atoms with van der Waals surface area (Å²) in [5.41, 5.74) is 0.518. The zero-order valence-corrected chi connectivity index (χ0v) is 13.3. The summed E-state index contributed by atoms with van der Waals surface area (Å²) < 4.78 is 27.2. The normalized spacial score (nSPS) is 18.1. The Morgan fingerprint density at radius 3 is 2.24 bits per heavy atom. The van der Waals surface area contributed by atoms with E-state index < -0.39 is 11.6 Å². The molecular weight excluding hydrogens is 270 g/mol. The van der Waals surface area contributed by atoms with E-state index >= 15 is 0 Å². The summed E-state index contributed by atoms with van der Waals surface area (Å²) >= 11 is 0. The van der Waals surface area contributed by atoms with E-state index in [0.717, 1.165) is 32.1 Å². The predicted molar refractivity (Wildman–Crippen MR) is 82.3 cm³/mol. The minimum absolute atomic E-state index is 0.0826. The first kappa shape index (κ1) is 16.4. The first-order chi connectivity index (χ1) is 9.95. The molecule has 1 unspecified atom stereocenters. The van der Waals surface area contributed by atoms with E-state index in [1.165, 1.54) is 25.0 Å². The lowest BCUT2D eigenvalue weighted by molar-refractivity contribution is 0.106. The molecule has 21 heavy (non-hydrogen) atoms. The molecular formula is C17H26F2N2. The van der Waals surface area contributed by atoms with Gasteiger partial charge in [0.2, 0.25) is 0 Å². The van der Waals surface area contributed by atoms with Gasteiger partial charge in [-0.2, -0.15) is 0 Å². The van der Waals surface area contributed by atoms with Crippen LogP contribution < -0.4 is 5.32 Å². The highest BCUT2D eigenvalue weighted by Gasteiger charge is 2.37. The van der Waals surface area contributed by atoms with Crippen LogP contribution >= 0.6 is 0 Å². The summed E-state index contributed by atoms with van der Waals surface area (Å²) in [6, 6.07) is 3.76. The van der Waals surface area contributed by atoms with Gasteiger partial charge >= 0.3 is 0 Å². The van der Waals surface area contributed by atoms with Crippen LogP contribution in [-0.4, -0.2) is 30.1 Å². The molecule has 0 saturated carbocycles. The summed E-state index contributed by atoms with van der Waals surface area (Å²) in [5, 5.41) is 3.48. The molecule has 1 N–H and O–H groups in total. The van der Waals surface area contributed by atoms with Gasteiger partial charge < -0.3 is 5.32 Å². The molecule has 2 rings (SSSR count). The van der Waals surface area contributed by atoms with Crippen LogP contribution in [-0.2, 0) is 0 Å². The molecule has 1 fully saturated rings. The third kappa shape index (κ3) is 3.80. The minimum Gasteiger partial charge on any atom is -0.308 e. The molecule has 0 bridgehead atoms. The van der Waals surface area contributed by atoms with Crippen LogP contribution in [0.5, 0.6) is 0 Å². The Hall–Kier alpha value is -1.00. The van der Waals surface area contributed by atoms with E-state index in [4.69, 9.17) is 0 Å². The van der Waals surface area contributed by atoms with Crippen LogP contribution in [0.3, 0.4) is 0 Å². The van der Waals surface area contributed by atoms with E-state index in [1.54, 1.807) is 0 Å².